The molecule has 1 amide bonds. The van der Waals surface area contributed by atoms with Gasteiger partial charge in [-0.2, -0.15) is 0 Å². The number of nitro groups is 1. The summed E-state index contributed by atoms with van der Waals surface area (Å²) in [6.45, 7) is 7.33. The van der Waals surface area contributed by atoms with Crippen molar-refractivity contribution in [2.75, 3.05) is 31.6 Å². The molecule has 8 heteroatoms. The van der Waals surface area contributed by atoms with Gasteiger partial charge in [0.1, 0.15) is 12.4 Å². The summed E-state index contributed by atoms with van der Waals surface area (Å²) in [6.07, 6.45) is 0. The zero-order chi connectivity index (χ0) is 19.8. The number of nitrogens with one attached hydrogen (secondary N) is 1. The number of likely N-dealkylation sites (N-methyl/N-ethyl adjacent to an activating group) is 1. The standard InChI is InChI=1S/C19H22ClN3O4/c1-3-22(4-2)11-12-27-18-8-6-5-7-17(18)21-19(24)15-10-9-14(23(25)26)13-16(15)20/h5-10,13H,3-4,11-12H2,1-2H3,(H,21,24). The van der Waals surface area contributed by atoms with Crippen LogP contribution in [0.2, 0.25) is 5.02 Å². The van der Waals surface area contributed by atoms with Gasteiger partial charge in [-0.05, 0) is 31.3 Å². The summed E-state index contributed by atoms with van der Waals surface area (Å²) in [4.78, 5) is 25.0. The molecule has 0 fully saturated rings. The van der Waals surface area contributed by atoms with Crippen molar-refractivity contribution in [3.63, 3.8) is 0 Å². The highest BCUT2D eigenvalue weighted by atomic mass is 35.5. The van der Waals surface area contributed by atoms with E-state index in [4.69, 9.17) is 16.3 Å². The van der Waals surface area contributed by atoms with Crippen molar-refractivity contribution in [1.82, 2.24) is 4.90 Å². The van der Waals surface area contributed by atoms with Crippen molar-refractivity contribution in [3.05, 3.63) is 63.2 Å². The van der Waals surface area contributed by atoms with Crippen molar-refractivity contribution in [3.8, 4) is 5.75 Å². The van der Waals surface area contributed by atoms with E-state index in [1.54, 1.807) is 18.2 Å². The minimum atomic E-state index is -0.563. The maximum atomic E-state index is 12.5. The number of amides is 1. The fourth-order valence-corrected chi connectivity index (χ4v) is 2.77. The van der Waals surface area contributed by atoms with Crippen molar-refractivity contribution in [2.45, 2.75) is 13.8 Å². The number of halogens is 1. The lowest BCUT2D eigenvalue weighted by atomic mass is 10.2. The molecule has 0 saturated heterocycles. The number of nitrogens with zero attached hydrogens (tertiary/aromatic N) is 2. The van der Waals surface area contributed by atoms with Gasteiger partial charge in [-0.1, -0.05) is 37.6 Å². The summed E-state index contributed by atoms with van der Waals surface area (Å²) in [6, 6.07) is 10.8. The van der Waals surface area contributed by atoms with Gasteiger partial charge in [-0.25, -0.2) is 0 Å². The van der Waals surface area contributed by atoms with Crippen LogP contribution in [-0.4, -0.2) is 42.0 Å². The van der Waals surface area contributed by atoms with E-state index in [9.17, 15) is 14.9 Å². The molecule has 2 rings (SSSR count). The van der Waals surface area contributed by atoms with Gasteiger partial charge in [0.25, 0.3) is 11.6 Å². The van der Waals surface area contributed by atoms with Gasteiger partial charge in [-0.3, -0.25) is 14.9 Å². The Kier molecular flexibility index (Phi) is 7.57. The molecule has 0 radical (unpaired) electrons. The fraction of sp³-hybridized carbons (Fsp3) is 0.316. The Bertz CT molecular complexity index is 809. The zero-order valence-electron chi connectivity index (χ0n) is 15.3. The number of para-hydroxylation sites is 2. The molecule has 144 valence electrons. The SMILES string of the molecule is CCN(CC)CCOc1ccccc1NC(=O)c1ccc([N+](=O)[O-])cc1Cl. The molecule has 0 heterocycles. The molecule has 2 aromatic carbocycles. The van der Waals surface area contributed by atoms with Crippen molar-refractivity contribution < 1.29 is 14.5 Å². The van der Waals surface area contributed by atoms with Crippen LogP contribution in [-0.2, 0) is 0 Å². The average Bonchev–Trinajstić information content (AvgIpc) is 2.66. The third-order valence-electron chi connectivity index (χ3n) is 4.10. The third kappa shape index (κ3) is 5.67. The number of benzene rings is 2. The largest absolute Gasteiger partial charge is 0.490 e. The van der Waals surface area contributed by atoms with Gasteiger partial charge in [0, 0.05) is 18.7 Å². The van der Waals surface area contributed by atoms with Crippen LogP contribution in [0.5, 0.6) is 5.75 Å². The summed E-state index contributed by atoms with van der Waals surface area (Å²) < 4.78 is 5.81. The van der Waals surface area contributed by atoms with Crippen molar-refractivity contribution in [2.24, 2.45) is 0 Å². The number of non-ortho nitro benzene ring substituents is 1. The van der Waals surface area contributed by atoms with E-state index in [2.05, 4.69) is 24.1 Å². The number of rotatable bonds is 9. The topological polar surface area (TPSA) is 84.7 Å². The lowest BCUT2D eigenvalue weighted by molar-refractivity contribution is -0.384. The van der Waals surface area contributed by atoms with Gasteiger partial charge in [0.05, 0.1) is 21.2 Å². The highest BCUT2D eigenvalue weighted by Gasteiger charge is 2.16. The Morgan fingerprint density at radius 2 is 1.93 bits per heavy atom. The Hall–Kier alpha value is -2.64. The van der Waals surface area contributed by atoms with Crippen LogP contribution >= 0.6 is 11.6 Å². The number of hydrogen-bond acceptors (Lipinski definition) is 5. The van der Waals surface area contributed by atoms with Crippen molar-refractivity contribution in [1.29, 1.82) is 0 Å². The maximum absolute atomic E-state index is 12.5. The molecule has 0 atom stereocenters. The Morgan fingerprint density at radius 3 is 2.56 bits per heavy atom. The smallest absolute Gasteiger partial charge is 0.270 e. The summed E-state index contributed by atoms with van der Waals surface area (Å²) in [5.74, 6) is 0.0886. The molecule has 0 unspecified atom stereocenters. The fourth-order valence-electron chi connectivity index (χ4n) is 2.51. The van der Waals surface area contributed by atoms with E-state index in [1.165, 1.54) is 12.1 Å². The number of hydrogen-bond donors (Lipinski definition) is 1. The number of carbonyl (C=O) groups is 1. The normalized spacial score (nSPS) is 10.7. The predicted octanol–water partition coefficient (Wildman–Crippen LogP) is 4.22. The Balaban J connectivity index is 2.09. The van der Waals surface area contributed by atoms with Gasteiger partial charge >= 0.3 is 0 Å². The first-order valence-electron chi connectivity index (χ1n) is 8.65. The molecule has 1 N–H and O–H groups in total. The van der Waals surface area contributed by atoms with Crippen LogP contribution in [0.3, 0.4) is 0 Å². The molecule has 0 aromatic heterocycles. The first kappa shape index (κ1) is 20.7. The van der Waals surface area contributed by atoms with E-state index in [0.717, 1.165) is 25.7 Å². The first-order chi connectivity index (χ1) is 13.0. The molecule has 0 saturated carbocycles. The second kappa shape index (κ2) is 9.89. The minimum absolute atomic E-state index is 0.0154. The molecule has 27 heavy (non-hydrogen) atoms. The quantitative estimate of drug-likeness (QED) is 0.511. The molecule has 0 bridgehead atoms. The zero-order valence-corrected chi connectivity index (χ0v) is 16.0. The molecular weight excluding hydrogens is 370 g/mol. The van der Waals surface area contributed by atoms with Crippen LogP contribution in [0.15, 0.2) is 42.5 Å². The van der Waals surface area contributed by atoms with E-state index in [1.807, 2.05) is 6.07 Å². The molecule has 0 aliphatic carbocycles. The molecule has 2 aromatic rings. The van der Waals surface area contributed by atoms with Crippen LogP contribution in [0.4, 0.5) is 11.4 Å². The number of anilines is 1. The molecule has 0 aliphatic rings. The summed E-state index contributed by atoms with van der Waals surface area (Å²) in [5, 5.41) is 13.6. The van der Waals surface area contributed by atoms with Gasteiger partial charge in [0.15, 0.2) is 0 Å². The highest BCUT2D eigenvalue weighted by molar-refractivity contribution is 6.34. The van der Waals surface area contributed by atoms with Gasteiger partial charge < -0.3 is 15.0 Å². The van der Waals surface area contributed by atoms with E-state index in [0.29, 0.717) is 18.0 Å². The number of carbonyl (C=O) groups excluding carboxylic acids is 1. The molecule has 0 aliphatic heterocycles. The Morgan fingerprint density at radius 1 is 1.22 bits per heavy atom. The van der Waals surface area contributed by atoms with Crippen LogP contribution in [0.25, 0.3) is 0 Å². The Labute approximate surface area is 163 Å². The second-order valence-corrected chi connectivity index (χ2v) is 6.15. The second-order valence-electron chi connectivity index (χ2n) is 5.75. The van der Waals surface area contributed by atoms with Gasteiger partial charge in [0.2, 0.25) is 0 Å². The van der Waals surface area contributed by atoms with E-state index >= 15 is 0 Å². The molecular formula is C19H22ClN3O4. The monoisotopic (exact) mass is 391 g/mol. The third-order valence-corrected chi connectivity index (χ3v) is 4.42. The number of ether oxygens (including phenoxy) is 1. The minimum Gasteiger partial charge on any atom is -0.490 e. The average molecular weight is 392 g/mol. The molecule has 0 spiro atoms. The van der Waals surface area contributed by atoms with Gasteiger partial charge in [-0.15, -0.1) is 0 Å². The predicted molar refractivity (Wildman–Crippen MR) is 106 cm³/mol. The lowest BCUT2D eigenvalue weighted by Crippen LogP contribution is -2.28. The van der Waals surface area contributed by atoms with E-state index < -0.39 is 10.8 Å². The highest BCUT2D eigenvalue weighted by Crippen LogP contribution is 2.27. The lowest BCUT2D eigenvalue weighted by Gasteiger charge is -2.19. The summed E-state index contributed by atoms with van der Waals surface area (Å²) in [7, 11) is 0. The maximum Gasteiger partial charge on any atom is 0.270 e. The summed E-state index contributed by atoms with van der Waals surface area (Å²) in [5.41, 5.74) is 0.494. The summed E-state index contributed by atoms with van der Waals surface area (Å²) >= 11 is 6.02. The van der Waals surface area contributed by atoms with Crippen molar-refractivity contribution >= 4 is 28.9 Å². The van der Waals surface area contributed by atoms with Crippen LogP contribution in [0.1, 0.15) is 24.2 Å². The number of nitro benzene ring substituents is 1. The van der Waals surface area contributed by atoms with Crippen LogP contribution < -0.4 is 10.1 Å². The molecule has 7 nitrogen and oxygen atoms in total. The first-order valence-corrected chi connectivity index (χ1v) is 9.03. The van der Waals surface area contributed by atoms with Crippen LogP contribution in [0, 0.1) is 10.1 Å². The van der Waals surface area contributed by atoms with E-state index in [-0.39, 0.29) is 16.3 Å².